The molecule has 0 heterocycles. The van der Waals surface area contributed by atoms with Crippen molar-refractivity contribution in [2.45, 2.75) is 44.7 Å². The zero-order chi connectivity index (χ0) is 13.7. The second-order valence-electron chi connectivity index (χ2n) is 5.06. The SMILES string of the molecule is CCC(NC(=O)CCNC1CC1)c1cccc(Cl)c1. The van der Waals surface area contributed by atoms with Gasteiger partial charge in [-0.1, -0.05) is 30.7 Å². The number of carbonyl (C=O) groups is 1. The Morgan fingerprint density at radius 2 is 2.26 bits per heavy atom. The number of hydrogen-bond acceptors (Lipinski definition) is 2. The zero-order valence-electron chi connectivity index (χ0n) is 11.3. The fraction of sp³-hybridized carbons (Fsp3) is 0.533. The van der Waals surface area contributed by atoms with Crippen molar-refractivity contribution in [2.24, 2.45) is 0 Å². The van der Waals surface area contributed by atoms with Crippen LogP contribution in [0.2, 0.25) is 5.02 Å². The van der Waals surface area contributed by atoms with Gasteiger partial charge in [-0.15, -0.1) is 0 Å². The Balaban J connectivity index is 1.81. The molecule has 1 aromatic rings. The molecule has 1 unspecified atom stereocenters. The topological polar surface area (TPSA) is 41.1 Å². The first-order valence-electron chi connectivity index (χ1n) is 6.97. The molecule has 2 rings (SSSR count). The van der Waals surface area contributed by atoms with Gasteiger partial charge in [0.2, 0.25) is 5.91 Å². The fourth-order valence-corrected chi connectivity index (χ4v) is 2.29. The molecule has 1 aliphatic carbocycles. The molecule has 1 aromatic carbocycles. The van der Waals surface area contributed by atoms with E-state index in [0.29, 0.717) is 17.5 Å². The number of hydrogen-bond donors (Lipinski definition) is 2. The van der Waals surface area contributed by atoms with Gasteiger partial charge < -0.3 is 10.6 Å². The first-order chi connectivity index (χ1) is 9.19. The summed E-state index contributed by atoms with van der Waals surface area (Å²) in [5, 5.41) is 7.12. The Morgan fingerprint density at radius 3 is 2.89 bits per heavy atom. The number of amides is 1. The first-order valence-corrected chi connectivity index (χ1v) is 7.35. The highest BCUT2D eigenvalue weighted by Gasteiger charge is 2.20. The van der Waals surface area contributed by atoms with Gasteiger partial charge in [0.25, 0.3) is 0 Å². The molecule has 0 radical (unpaired) electrons. The van der Waals surface area contributed by atoms with Crippen LogP contribution in [-0.4, -0.2) is 18.5 Å². The van der Waals surface area contributed by atoms with Gasteiger partial charge in [0.05, 0.1) is 6.04 Å². The highest BCUT2D eigenvalue weighted by Crippen LogP contribution is 2.20. The lowest BCUT2D eigenvalue weighted by atomic mass is 10.0. The van der Waals surface area contributed by atoms with Crippen molar-refractivity contribution in [1.29, 1.82) is 0 Å². The van der Waals surface area contributed by atoms with Crippen LogP contribution in [0.15, 0.2) is 24.3 Å². The lowest BCUT2D eigenvalue weighted by Gasteiger charge is -2.18. The Labute approximate surface area is 119 Å². The van der Waals surface area contributed by atoms with E-state index in [1.807, 2.05) is 24.3 Å². The van der Waals surface area contributed by atoms with E-state index in [9.17, 15) is 4.79 Å². The molecule has 0 aromatic heterocycles. The molecule has 0 bridgehead atoms. The molecule has 1 aliphatic rings. The maximum atomic E-state index is 11.9. The predicted molar refractivity (Wildman–Crippen MR) is 78.3 cm³/mol. The van der Waals surface area contributed by atoms with Gasteiger partial charge in [-0.2, -0.15) is 0 Å². The number of benzene rings is 1. The van der Waals surface area contributed by atoms with Crippen LogP contribution in [0.1, 0.15) is 44.2 Å². The van der Waals surface area contributed by atoms with Crippen molar-refractivity contribution < 1.29 is 4.79 Å². The third-order valence-electron chi connectivity index (χ3n) is 3.36. The molecule has 0 spiro atoms. The predicted octanol–water partition coefficient (Wildman–Crippen LogP) is 3.05. The van der Waals surface area contributed by atoms with E-state index < -0.39 is 0 Å². The van der Waals surface area contributed by atoms with Crippen LogP contribution in [-0.2, 0) is 4.79 Å². The van der Waals surface area contributed by atoms with Crippen LogP contribution in [0, 0.1) is 0 Å². The minimum atomic E-state index is 0.0483. The van der Waals surface area contributed by atoms with Gasteiger partial charge >= 0.3 is 0 Å². The second kappa shape index (κ2) is 6.92. The molecule has 1 amide bonds. The Kier molecular flexibility index (Phi) is 5.23. The number of rotatable bonds is 7. The molecule has 104 valence electrons. The average molecular weight is 281 g/mol. The number of halogens is 1. The third kappa shape index (κ3) is 4.84. The fourth-order valence-electron chi connectivity index (χ4n) is 2.09. The molecular weight excluding hydrogens is 260 g/mol. The van der Waals surface area contributed by atoms with E-state index in [0.717, 1.165) is 18.5 Å². The monoisotopic (exact) mass is 280 g/mol. The van der Waals surface area contributed by atoms with Crippen LogP contribution in [0.5, 0.6) is 0 Å². The third-order valence-corrected chi connectivity index (χ3v) is 3.59. The van der Waals surface area contributed by atoms with Crippen LogP contribution >= 0.6 is 11.6 Å². The van der Waals surface area contributed by atoms with Gasteiger partial charge in [-0.25, -0.2) is 0 Å². The summed E-state index contributed by atoms with van der Waals surface area (Å²) in [6.07, 6.45) is 3.90. The summed E-state index contributed by atoms with van der Waals surface area (Å²) in [5.74, 6) is 0.0972. The van der Waals surface area contributed by atoms with E-state index in [4.69, 9.17) is 11.6 Å². The molecule has 19 heavy (non-hydrogen) atoms. The molecule has 0 saturated heterocycles. The normalized spacial score (nSPS) is 16.1. The molecule has 1 fully saturated rings. The molecule has 1 atom stereocenters. The second-order valence-corrected chi connectivity index (χ2v) is 5.50. The van der Waals surface area contributed by atoms with Crippen molar-refractivity contribution in [2.75, 3.05) is 6.54 Å². The van der Waals surface area contributed by atoms with Crippen molar-refractivity contribution in [3.63, 3.8) is 0 Å². The van der Waals surface area contributed by atoms with E-state index in [-0.39, 0.29) is 11.9 Å². The van der Waals surface area contributed by atoms with Crippen LogP contribution in [0.4, 0.5) is 0 Å². The van der Waals surface area contributed by atoms with Gasteiger partial charge in [-0.3, -0.25) is 4.79 Å². The minimum Gasteiger partial charge on any atom is -0.349 e. The Hall–Kier alpha value is -1.06. The lowest BCUT2D eigenvalue weighted by Crippen LogP contribution is -2.31. The molecule has 4 heteroatoms. The quantitative estimate of drug-likeness (QED) is 0.806. The van der Waals surface area contributed by atoms with E-state index >= 15 is 0 Å². The van der Waals surface area contributed by atoms with Crippen molar-refractivity contribution in [3.8, 4) is 0 Å². The summed E-state index contributed by atoms with van der Waals surface area (Å²) in [6, 6.07) is 8.39. The number of nitrogens with one attached hydrogen (secondary N) is 2. The maximum Gasteiger partial charge on any atom is 0.221 e. The van der Waals surface area contributed by atoms with Gasteiger partial charge in [0.15, 0.2) is 0 Å². The van der Waals surface area contributed by atoms with Gasteiger partial charge in [0.1, 0.15) is 0 Å². The summed E-state index contributed by atoms with van der Waals surface area (Å²) in [6.45, 7) is 2.83. The standard InChI is InChI=1S/C15H21ClN2O/c1-2-14(11-4-3-5-12(16)10-11)18-15(19)8-9-17-13-6-7-13/h3-5,10,13-14,17H,2,6-9H2,1H3,(H,18,19). The van der Waals surface area contributed by atoms with Gasteiger partial charge in [-0.05, 0) is 37.0 Å². The largest absolute Gasteiger partial charge is 0.349 e. The lowest BCUT2D eigenvalue weighted by molar-refractivity contribution is -0.121. The summed E-state index contributed by atoms with van der Waals surface area (Å²) < 4.78 is 0. The average Bonchev–Trinajstić information content (AvgIpc) is 3.20. The summed E-state index contributed by atoms with van der Waals surface area (Å²) in [7, 11) is 0. The van der Waals surface area contributed by atoms with Crippen LogP contribution < -0.4 is 10.6 Å². The molecule has 3 nitrogen and oxygen atoms in total. The molecule has 2 N–H and O–H groups in total. The van der Waals surface area contributed by atoms with E-state index in [1.54, 1.807) is 0 Å². The van der Waals surface area contributed by atoms with Crippen molar-refractivity contribution >= 4 is 17.5 Å². The zero-order valence-corrected chi connectivity index (χ0v) is 12.0. The van der Waals surface area contributed by atoms with Crippen LogP contribution in [0.3, 0.4) is 0 Å². The Bertz CT molecular complexity index is 432. The minimum absolute atomic E-state index is 0.0483. The molecule has 1 saturated carbocycles. The maximum absolute atomic E-state index is 11.9. The van der Waals surface area contributed by atoms with Crippen molar-refractivity contribution in [3.05, 3.63) is 34.9 Å². The molecular formula is C15H21ClN2O. The summed E-state index contributed by atoms with van der Waals surface area (Å²) in [5.41, 5.74) is 1.07. The first kappa shape index (κ1) is 14.4. The van der Waals surface area contributed by atoms with E-state index in [2.05, 4.69) is 17.6 Å². The van der Waals surface area contributed by atoms with E-state index in [1.165, 1.54) is 12.8 Å². The van der Waals surface area contributed by atoms with Crippen molar-refractivity contribution in [1.82, 2.24) is 10.6 Å². The highest BCUT2D eigenvalue weighted by atomic mass is 35.5. The smallest absolute Gasteiger partial charge is 0.221 e. The highest BCUT2D eigenvalue weighted by molar-refractivity contribution is 6.30. The molecule has 0 aliphatic heterocycles. The number of carbonyl (C=O) groups excluding carboxylic acids is 1. The van der Waals surface area contributed by atoms with Crippen LogP contribution in [0.25, 0.3) is 0 Å². The summed E-state index contributed by atoms with van der Waals surface area (Å²) >= 11 is 5.99. The Morgan fingerprint density at radius 1 is 1.47 bits per heavy atom. The van der Waals surface area contributed by atoms with Gasteiger partial charge in [0, 0.05) is 24.0 Å². The summed E-state index contributed by atoms with van der Waals surface area (Å²) in [4.78, 5) is 11.9.